The highest BCUT2D eigenvalue weighted by Crippen LogP contribution is 2.25. The van der Waals surface area contributed by atoms with E-state index in [4.69, 9.17) is 0 Å². The first-order valence-electron chi connectivity index (χ1n) is 3.48. The molecule has 1 heteroatoms. The molecule has 1 aliphatic rings. The summed E-state index contributed by atoms with van der Waals surface area (Å²) in [5.74, 6) is 0. The number of benzene rings is 1. The molecular weight excluding hydrogens is 122 g/mol. The Hall–Kier alpha value is -0.980. The lowest BCUT2D eigenvalue weighted by Crippen LogP contribution is -2.06. The van der Waals surface area contributed by atoms with Gasteiger partial charge in [-0.05, 0) is 18.6 Å². The molecule has 2 rings (SSSR count). The Labute approximate surface area is 61.1 Å². The van der Waals surface area contributed by atoms with Crippen LogP contribution in [0.4, 0.5) is 5.69 Å². The number of hydrogen-bond acceptors (Lipinski definition) is 1. The molecule has 0 saturated carbocycles. The Morgan fingerprint density at radius 2 is 2.20 bits per heavy atom. The predicted molar refractivity (Wildman–Crippen MR) is 41.9 cm³/mol. The smallest absolute Gasteiger partial charge is 0.0425 e. The summed E-state index contributed by atoms with van der Waals surface area (Å²) in [5, 5.41) is 3.29. The van der Waals surface area contributed by atoms with Gasteiger partial charge in [-0.2, -0.15) is 0 Å². The summed E-state index contributed by atoms with van der Waals surface area (Å²) in [6, 6.07) is 8.59. The van der Waals surface area contributed by atoms with Crippen molar-refractivity contribution in [2.75, 3.05) is 5.32 Å². The standard InChI is InChI=1S/C9H9N/c1-7-6-8-4-2-3-5-9(8)10-7/h2-5,7,10H,1H3. The second-order valence-corrected chi connectivity index (χ2v) is 2.56. The molecule has 0 saturated heterocycles. The van der Waals surface area contributed by atoms with Crippen LogP contribution in [0.25, 0.3) is 0 Å². The molecule has 1 heterocycles. The van der Waals surface area contributed by atoms with Crippen molar-refractivity contribution in [3.05, 3.63) is 36.2 Å². The van der Waals surface area contributed by atoms with Crippen molar-refractivity contribution in [1.82, 2.24) is 0 Å². The summed E-state index contributed by atoms with van der Waals surface area (Å²) < 4.78 is 0. The monoisotopic (exact) mass is 131 g/mol. The molecule has 0 aromatic heterocycles. The van der Waals surface area contributed by atoms with Gasteiger partial charge in [0.25, 0.3) is 0 Å². The SMILES string of the molecule is CC1[C]c2ccccc2N1. The fraction of sp³-hybridized carbons (Fsp3) is 0.222. The van der Waals surface area contributed by atoms with Gasteiger partial charge < -0.3 is 5.32 Å². The molecule has 1 N–H and O–H groups in total. The highest BCUT2D eigenvalue weighted by Gasteiger charge is 2.15. The molecule has 0 bridgehead atoms. The molecule has 0 aliphatic carbocycles. The molecule has 2 radical (unpaired) electrons. The van der Waals surface area contributed by atoms with Crippen LogP contribution in [0, 0.1) is 6.42 Å². The maximum absolute atomic E-state index is 3.29. The fourth-order valence-electron chi connectivity index (χ4n) is 1.24. The van der Waals surface area contributed by atoms with Crippen molar-refractivity contribution >= 4 is 5.69 Å². The van der Waals surface area contributed by atoms with Gasteiger partial charge in [0, 0.05) is 18.2 Å². The Balaban J connectivity index is 2.42. The van der Waals surface area contributed by atoms with Gasteiger partial charge in [0.2, 0.25) is 0 Å². The van der Waals surface area contributed by atoms with Gasteiger partial charge in [0.1, 0.15) is 0 Å². The maximum atomic E-state index is 3.29. The summed E-state index contributed by atoms with van der Waals surface area (Å²) in [4.78, 5) is 0. The van der Waals surface area contributed by atoms with E-state index in [-0.39, 0.29) is 0 Å². The van der Waals surface area contributed by atoms with Gasteiger partial charge >= 0.3 is 0 Å². The van der Waals surface area contributed by atoms with E-state index in [1.807, 2.05) is 12.1 Å². The van der Waals surface area contributed by atoms with Crippen LogP contribution in [-0.4, -0.2) is 6.04 Å². The third-order valence-electron chi connectivity index (χ3n) is 1.67. The van der Waals surface area contributed by atoms with Crippen molar-refractivity contribution in [2.45, 2.75) is 13.0 Å². The van der Waals surface area contributed by atoms with Crippen molar-refractivity contribution in [3.8, 4) is 0 Å². The van der Waals surface area contributed by atoms with Gasteiger partial charge in [-0.25, -0.2) is 0 Å². The molecule has 50 valence electrons. The first-order chi connectivity index (χ1) is 4.86. The Kier molecular flexibility index (Phi) is 1.16. The lowest BCUT2D eigenvalue weighted by atomic mass is 10.1. The highest BCUT2D eigenvalue weighted by molar-refractivity contribution is 5.61. The normalized spacial score (nSPS) is 21.9. The van der Waals surface area contributed by atoms with E-state index in [2.05, 4.69) is 30.8 Å². The molecule has 0 fully saturated rings. The Morgan fingerprint density at radius 1 is 1.40 bits per heavy atom. The third-order valence-corrected chi connectivity index (χ3v) is 1.67. The van der Waals surface area contributed by atoms with E-state index >= 15 is 0 Å². The third kappa shape index (κ3) is 0.783. The highest BCUT2D eigenvalue weighted by atomic mass is 14.9. The second kappa shape index (κ2) is 2.01. The van der Waals surface area contributed by atoms with Crippen molar-refractivity contribution < 1.29 is 0 Å². The van der Waals surface area contributed by atoms with E-state index in [0.717, 1.165) is 0 Å². The molecule has 1 aliphatic heterocycles. The summed E-state index contributed by atoms with van der Waals surface area (Å²) in [7, 11) is 0. The van der Waals surface area contributed by atoms with Gasteiger partial charge in [0.15, 0.2) is 0 Å². The zero-order valence-corrected chi connectivity index (χ0v) is 5.89. The number of para-hydroxylation sites is 1. The molecule has 0 amide bonds. The van der Waals surface area contributed by atoms with Gasteiger partial charge in [-0.1, -0.05) is 18.2 Å². The van der Waals surface area contributed by atoms with E-state index in [1.54, 1.807) is 0 Å². The maximum Gasteiger partial charge on any atom is 0.0425 e. The Morgan fingerprint density at radius 3 is 3.00 bits per heavy atom. The molecule has 10 heavy (non-hydrogen) atoms. The molecule has 1 aromatic carbocycles. The van der Waals surface area contributed by atoms with Crippen LogP contribution in [0.5, 0.6) is 0 Å². The quantitative estimate of drug-likeness (QED) is 0.567. The number of anilines is 1. The number of nitrogens with one attached hydrogen (secondary N) is 1. The van der Waals surface area contributed by atoms with Gasteiger partial charge in [-0.15, -0.1) is 0 Å². The summed E-state index contributed by atoms with van der Waals surface area (Å²) >= 11 is 0. The zero-order chi connectivity index (χ0) is 6.97. The van der Waals surface area contributed by atoms with Gasteiger partial charge in [-0.3, -0.25) is 0 Å². The van der Waals surface area contributed by atoms with E-state index in [1.165, 1.54) is 11.3 Å². The Bertz CT molecular complexity index is 217. The van der Waals surface area contributed by atoms with Crippen LogP contribution in [0.2, 0.25) is 0 Å². The first kappa shape index (κ1) is 5.78. The summed E-state index contributed by atoms with van der Waals surface area (Å²) in [6.45, 7) is 2.10. The zero-order valence-electron chi connectivity index (χ0n) is 5.89. The number of hydrogen-bond donors (Lipinski definition) is 1. The largest absolute Gasteiger partial charge is 0.381 e. The predicted octanol–water partition coefficient (Wildman–Crippen LogP) is 1.93. The van der Waals surface area contributed by atoms with Crippen LogP contribution < -0.4 is 5.32 Å². The lowest BCUT2D eigenvalue weighted by molar-refractivity contribution is 0.982. The van der Waals surface area contributed by atoms with E-state index in [0.29, 0.717) is 6.04 Å². The van der Waals surface area contributed by atoms with Crippen molar-refractivity contribution in [1.29, 1.82) is 0 Å². The second-order valence-electron chi connectivity index (χ2n) is 2.56. The van der Waals surface area contributed by atoms with Crippen LogP contribution >= 0.6 is 0 Å². The molecular formula is C9H9N. The number of rotatable bonds is 0. The topological polar surface area (TPSA) is 12.0 Å². The molecule has 1 atom stereocenters. The van der Waals surface area contributed by atoms with Crippen LogP contribution in [0.15, 0.2) is 24.3 Å². The van der Waals surface area contributed by atoms with Crippen LogP contribution in [0.3, 0.4) is 0 Å². The first-order valence-corrected chi connectivity index (χ1v) is 3.48. The van der Waals surface area contributed by atoms with Crippen LogP contribution in [-0.2, 0) is 0 Å². The van der Waals surface area contributed by atoms with Gasteiger partial charge in [0.05, 0.1) is 0 Å². The summed E-state index contributed by atoms with van der Waals surface area (Å²) in [5.41, 5.74) is 2.41. The fourth-order valence-corrected chi connectivity index (χ4v) is 1.24. The summed E-state index contributed by atoms with van der Waals surface area (Å²) in [6.07, 6.45) is 3.29. The molecule has 0 spiro atoms. The minimum Gasteiger partial charge on any atom is -0.381 e. The van der Waals surface area contributed by atoms with Crippen molar-refractivity contribution in [2.24, 2.45) is 0 Å². The van der Waals surface area contributed by atoms with E-state index < -0.39 is 0 Å². The lowest BCUT2D eigenvalue weighted by Gasteiger charge is -1.99. The molecule has 1 aromatic rings. The average Bonchev–Trinajstić information content (AvgIpc) is 2.27. The minimum atomic E-state index is 0.373. The molecule has 1 unspecified atom stereocenters. The minimum absolute atomic E-state index is 0.373. The molecule has 1 nitrogen and oxygen atoms in total. The van der Waals surface area contributed by atoms with E-state index in [9.17, 15) is 0 Å². The average molecular weight is 131 g/mol. The number of fused-ring (bicyclic) bond motifs is 1. The van der Waals surface area contributed by atoms with Crippen LogP contribution in [0.1, 0.15) is 12.5 Å². The van der Waals surface area contributed by atoms with Crippen molar-refractivity contribution in [3.63, 3.8) is 0 Å².